The van der Waals surface area contributed by atoms with E-state index < -0.39 is 0 Å². The number of hydrogen-bond donors (Lipinski definition) is 0. The second kappa shape index (κ2) is 10.8. The summed E-state index contributed by atoms with van der Waals surface area (Å²) in [6, 6.07) is 64.5. The number of thiophene rings is 1. The Kier molecular flexibility index (Phi) is 6.12. The Bertz CT molecular complexity index is 2830. The van der Waals surface area contributed by atoms with Gasteiger partial charge in [0.25, 0.3) is 0 Å². The van der Waals surface area contributed by atoms with Gasteiger partial charge in [0.2, 0.25) is 0 Å². The molecule has 0 unspecified atom stereocenters. The van der Waals surface area contributed by atoms with Crippen LogP contribution in [0.3, 0.4) is 0 Å². The highest BCUT2D eigenvalue weighted by Gasteiger charge is 2.22. The molecule has 0 bridgehead atoms. The van der Waals surface area contributed by atoms with Gasteiger partial charge in [0.15, 0.2) is 0 Å². The first-order chi connectivity index (χ1) is 23.8. The monoisotopic (exact) mass is 627 g/mol. The molecule has 0 fully saturated rings. The van der Waals surface area contributed by atoms with Crippen LogP contribution < -0.4 is 4.90 Å². The Labute approximate surface area is 282 Å². The van der Waals surface area contributed by atoms with E-state index in [1.165, 1.54) is 85.8 Å². The van der Waals surface area contributed by atoms with Gasteiger partial charge in [-0.15, -0.1) is 11.3 Å². The minimum atomic E-state index is 1.13. The molecule has 0 radical (unpaired) electrons. The van der Waals surface area contributed by atoms with Crippen molar-refractivity contribution in [3.8, 4) is 11.1 Å². The van der Waals surface area contributed by atoms with Crippen LogP contribution in [-0.4, -0.2) is 0 Å². The van der Waals surface area contributed by atoms with Crippen molar-refractivity contribution < 1.29 is 0 Å². The first-order valence-corrected chi connectivity index (χ1v) is 17.3. The predicted octanol–water partition coefficient (Wildman–Crippen LogP) is 13.8. The molecule has 9 aromatic carbocycles. The fourth-order valence-electron chi connectivity index (χ4n) is 7.61. The van der Waals surface area contributed by atoms with Crippen molar-refractivity contribution in [3.05, 3.63) is 176 Å². The van der Waals surface area contributed by atoms with Gasteiger partial charge in [-0.05, 0) is 79.2 Å². The molecule has 1 nitrogen and oxygen atoms in total. The maximum atomic E-state index is 2.50. The summed E-state index contributed by atoms with van der Waals surface area (Å²) in [5.41, 5.74) is 5.92. The largest absolute Gasteiger partial charge is 0.309 e. The highest BCUT2D eigenvalue weighted by molar-refractivity contribution is 7.26. The van der Waals surface area contributed by atoms with Crippen LogP contribution in [0.4, 0.5) is 17.1 Å². The van der Waals surface area contributed by atoms with E-state index in [0.29, 0.717) is 0 Å². The zero-order valence-corrected chi connectivity index (χ0v) is 26.9. The minimum absolute atomic E-state index is 1.13. The Hall–Kier alpha value is -5.96. The summed E-state index contributed by atoms with van der Waals surface area (Å²) in [5.74, 6) is 0. The molecule has 10 rings (SSSR count). The third-order valence-electron chi connectivity index (χ3n) is 9.81. The van der Waals surface area contributed by atoms with Crippen molar-refractivity contribution in [3.63, 3.8) is 0 Å². The van der Waals surface area contributed by atoms with Crippen LogP contribution in [0, 0.1) is 0 Å². The molecule has 0 amide bonds. The van der Waals surface area contributed by atoms with E-state index >= 15 is 0 Å². The summed E-state index contributed by atoms with van der Waals surface area (Å²) in [7, 11) is 0. The fraction of sp³-hybridized carbons (Fsp3) is 0. The van der Waals surface area contributed by atoms with Gasteiger partial charge in [-0.2, -0.15) is 0 Å². The van der Waals surface area contributed by atoms with Crippen molar-refractivity contribution >= 4 is 91.7 Å². The summed E-state index contributed by atoms with van der Waals surface area (Å²) in [5, 5.41) is 12.8. The average Bonchev–Trinajstić information content (AvgIpc) is 3.55. The number of nitrogens with zero attached hydrogens (tertiary/aromatic N) is 1. The molecule has 0 saturated carbocycles. The Morgan fingerprint density at radius 3 is 1.79 bits per heavy atom. The molecular weight excluding hydrogens is 599 g/mol. The van der Waals surface area contributed by atoms with Gasteiger partial charge < -0.3 is 4.90 Å². The Morgan fingerprint density at radius 2 is 0.979 bits per heavy atom. The van der Waals surface area contributed by atoms with E-state index in [0.717, 1.165) is 5.69 Å². The zero-order chi connectivity index (χ0) is 31.6. The minimum Gasteiger partial charge on any atom is -0.309 e. The van der Waals surface area contributed by atoms with E-state index in [-0.39, 0.29) is 0 Å². The maximum absolute atomic E-state index is 2.50. The molecule has 10 aromatic rings. The number of fused-ring (bicyclic) bond motifs is 10. The van der Waals surface area contributed by atoms with Gasteiger partial charge in [-0.25, -0.2) is 0 Å². The lowest BCUT2D eigenvalue weighted by molar-refractivity contribution is 1.32. The van der Waals surface area contributed by atoms with E-state index in [1.807, 2.05) is 11.3 Å². The number of anilines is 3. The maximum Gasteiger partial charge on any atom is 0.0555 e. The van der Waals surface area contributed by atoms with Gasteiger partial charge in [0, 0.05) is 31.2 Å². The number of rotatable bonds is 4. The highest BCUT2D eigenvalue weighted by atomic mass is 32.1. The molecule has 0 spiro atoms. The quantitative estimate of drug-likeness (QED) is 0.176. The second-order valence-corrected chi connectivity index (χ2v) is 13.5. The SMILES string of the molecule is c1ccc(-c2ccc(N(c3cc4ccc5ccccc5c4c4ccccc34)c3cccc4sc5c6ccccc6ccc5c34)cc2)cc1. The first-order valence-electron chi connectivity index (χ1n) is 16.4. The van der Waals surface area contributed by atoms with E-state index in [9.17, 15) is 0 Å². The summed E-state index contributed by atoms with van der Waals surface area (Å²) < 4.78 is 2.63. The predicted molar refractivity (Wildman–Crippen MR) is 209 cm³/mol. The van der Waals surface area contributed by atoms with E-state index in [2.05, 4.69) is 181 Å². The van der Waals surface area contributed by atoms with Crippen LogP contribution in [0.2, 0.25) is 0 Å². The van der Waals surface area contributed by atoms with Crippen LogP contribution in [0.25, 0.3) is 74.4 Å². The van der Waals surface area contributed by atoms with Crippen molar-refractivity contribution in [1.29, 1.82) is 0 Å². The molecule has 0 aliphatic carbocycles. The molecule has 0 aliphatic rings. The third kappa shape index (κ3) is 4.17. The molecule has 0 saturated heterocycles. The fourth-order valence-corrected chi connectivity index (χ4v) is 8.87. The van der Waals surface area contributed by atoms with E-state index in [1.54, 1.807) is 0 Å². The zero-order valence-electron chi connectivity index (χ0n) is 26.1. The molecule has 1 aromatic heterocycles. The second-order valence-electron chi connectivity index (χ2n) is 12.5. The molecule has 2 heteroatoms. The molecule has 224 valence electrons. The average molecular weight is 628 g/mol. The van der Waals surface area contributed by atoms with Crippen LogP contribution in [0.5, 0.6) is 0 Å². The van der Waals surface area contributed by atoms with Gasteiger partial charge in [0.05, 0.1) is 11.4 Å². The molecule has 1 heterocycles. The standard InChI is InChI=1S/C46H29NS/c1-2-11-30(12-3-1)31-23-26-35(27-24-31)47(41-19-10-20-43-45(41)40-28-25-33-14-5-7-16-37(33)46(40)48-43)42-29-34-22-21-32-13-4-6-15-36(32)44(34)39-18-9-8-17-38(39)42/h1-29H. The first kappa shape index (κ1) is 27.2. The molecule has 48 heavy (non-hydrogen) atoms. The molecule has 0 atom stereocenters. The third-order valence-corrected chi connectivity index (χ3v) is 11.0. The van der Waals surface area contributed by atoms with Gasteiger partial charge in [-0.3, -0.25) is 0 Å². The lowest BCUT2D eigenvalue weighted by Crippen LogP contribution is -2.11. The summed E-state index contributed by atoms with van der Waals surface area (Å²) in [4.78, 5) is 2.50. The van der Waals surface area contributed by atoms with Crippen molar-refractivity contribution in [2.24, 2.45) is 0 Å². The van der Waals surface area contributed by atoms with Crippen molar-refractivity contribution in [1.82, 2.24) is 0 Å². The molecular formula is C46H29NS. The molecule has 0 aliphatic heterocycles. The summed E-state index contributed by atoms with van der Waals surface area (Å²) in [6.45, 7) is 0. The Morgan fingerprint density at radius 1 is 0.354 bits per heavy atom. The topological polar surface area (TPSA) is 3.24 Å². The van der Waals surface area contributed by atoms with Crippen LogP contribution in [0.1, 0.15) is 0 Å². The smallest absolute Gasteiger partial charge is 0.0555 e. The summed E-state index contributed by atoms with van der Waals surface area (Å²) in [6.07, 6.45) is 0. The molecule has 0 N–H and O–H groups in total. The van der Waals surface area contributed by atoms with Gasteiger partial charge in [-0.1, -0.05) is 146 Å². The highest BCUT2D eigenvalue weighted by Crippen LogP contribution is 2.49. The lowest BCUT2D eigenvalue weighted by atomic mass is 9.94. The van der Waals surface area contributed by atoms with Crippen LogP contribution in [-0.2, 0) is 0 Å². The van der Waals surface area contributed by atoms with Gasteiger partial charge in [0.1, 0.15) is 0 Å². The normalized spacial score (nSPS) is 11.8. The number of hydrogen-bond acceptors (Lipinski definition) is 2. The Balaban J connectivity index is 1.30. The number of benzene rings is 9. The van der Waals surface area contributed by atoms with Gasteiger partial charge >= 0.3 is 0 Å². The lowest BCUT2D eigenvalue weighted by Gasteiger charge is -2.29. The summed E-state index contributed by atoms with van der Waals surface area (Å²) >= 11 is 1.89. The van der Waals surface area contributed by atoms with Crippen LogP contribution >= 0.6 is 11.3 Å². The van der Waals surface area contributed by atoms with E-state index in [4.69, 9.17) is 0 Å². The van der Waals surface area contributed by atoms with Crippen LogP contribution in [0.15, 0.2) is 176 Å². The van der Waals surface area contributed by atoms with Crippen molar-refractivity contribution in [2.75, 3.05) is 4.90 Å². The van der Waals surface area contributed by atoms with Crippen molar-refractivity contribution in [2.45, 2.75) is 0 Å².